The number of carbonyl (C=O) groups excluding carboxylic acids is 1. The number of hydrogen-bond acceptors (Lipinski definition) is 3. The van der Waals surface area contributed by atoms with Gasteiger partial charge in [0.15, 0.2) is 0 Å². The zero-order chi connectivity index (χ0) is 14.0. The molecule has 5 nitrogen and oxygen atoms in total. The smallest absolute Gasteiger partial charge is 0.305 e. The molecule has 1 aliphatic rings. The highest BCUT2D eigenvalue weighted by molar-refractivity contribution is 5.90. The SMILES string of the molecule is CC1CN(C)C(=O)C(CC(=O)O)N1c1ccccc1. The summed E-state index contributed by atoms with van der Waals surface area (Å²) in [4.78, 5) is 26.7. The topological polar surface area (TPSA) is 60.9 Å². The molecule has 1 aliphatic heterocycles. The molecular formula is C14H18N2O3. The van der Waals surface area contributed by atoms with Gasteiger partial charge in [0.05, 0.1) is 6.42 Å². The number of rotatable bonds is 3. The third kappa shape index (κ3) is 2.70. The summed E-state index contributed by atoms with van der Waals surface area (Å²) in [6.07, 6.45) is -0.178. The summed E-state index contributed by atoms with van der Waals surface area (Å²) in [6, 6.07) is 8.96. The van der Waals surface area contributed by atoms with E-state index in [9.17, 15) is 9.59 Å². The molecule has 0 radical (unpaired) electrons. The van der Waals surface area contributed by atoms with Crippen molar-refractivity contribution >= 4 is 17.6 Å². The molecule has 19 heavy (non-hydrogen) atoms. The molecule has 1 saturated heterocycles. The number of aliphatic carboxylic acids is 1. The molecule has 2 unspecified atom stereocenters. The highest BCUT2D eigenvalue weighted by atomic mass is 16.4. The summed E-state index contributed by atoms with van der Waals surface area (Å²) in [5, 5.41) is 9.02. The Kier molecular flexibility index (Phi) is 3.74. The lowest BCUT2D eigenvalue weighted by Gasteiger charge is -2.44. The number of para-hydroxylation sites is 1. The molecule has 2 rings (SSSR count). The highest BCUT2D eigenvalue weighted by Gasteiger charge is 2.38. The van der Waals surface area contributed by atoms with Crippen LogP contribution in [0.1, 0.15) is 13.3 Å². The van der Waals surface area contributed by atoms with Crippen molar-refractivity contribution < 1.29 is 14.7 Å². The van der Waals surface area contributed by atoms with Gasteiger partial charge >= 0.3 is 5.97 Å². The summed E-state index contributed by atoms with van der Waals surface area (Å²) in [7, 11) is 1.72. The average molecular weight is 262 g/mol. The molecule has 0 aromatic heterocycles. The van der Waals surface area contributed by atoms with E-state index in [1.807, 2.05) is 42.2 Å². The first-order valence-electron chi connectivity index (χ1n) is 6.31. The molecule has 0 spiro atoms. The van der Waals surface area contributed by atoms with E-state index < -0.39 is 12.0 Å². The molecule has 0 bridgehead atoms. The van der Waals surface area contributed by atoms with E-state index in [4.69, 9.17) is 5.11 Å². The molecule has 1 aromatic carbocycles. The van der Waals surface area contributed by atoms with Gasteiger partial charge in [0.25, 0.3) is 0 Å². The minimum absolute atomic E-state index is 0.0921. The van der Waals surface area contributed by atoms with Gasteiger partial charge < -0.3 is 14.9 Å². The van der Waals surface area contributed by atoms with Gasteiger partial charge in [0, 0.05) is 25.3 Å². The number of carbonyl (C=O) groups is 2. The zero-order valence-corrected chi connectivity index (χ0v) is 11.1. The fourth-order valence-electron chi connectivity index (χ4n) is 2.64. The lowest BCUT2D eigenvalue weighted by atomic mass is 10.0. The van der Waals surface area contributed by atoms with Gasteiger partial charge in [-0.15, -0.1) is 0 Å². The quantitative estimate of drug-likeness (QED) is 0.889. The molecule has 102 valence electrons. The number of amides is 1. The van der Waals surface area contributed by atoms with E-state index in [1.165, 1.54) is 0 Å². The number of carboxylic acid groups (broad SMARTS) is 1. The third-order valence-corrected chi connectivity index (χ3v) is 3.43. The van der Waals surface area contributed by atoms with E-state index in [2.05, 4.69) is 0 Å². The molecule has 1 fully saturated rings. The maximum Gasteiger partial charge on any atom is 0.305 e. The molecule has 5 heteroatoms. The maximum absolute atomic E-state index is 12.2. The highest BCUT2D eigenvalue weighted by Crippen LogP contribution is 2.26. The van der Waals surface area contributed by atoms with Crippen LogP contribution in [-0.4, -0.2) is 47.6 Å². The molecule has 2 atom stereocenters. The van der Waals surface area contributed by atoms with Gasteiger partial charge in [0.2, 0.25) is 5.91 Å². The Bertz CT molecular complexity index is 475. The monoisotopic (exact) mass is 262 g/mol. The molecular weight excluding hydrogens is 244 g/mol. The molecule has 1 amide bonds. The lowest BCUT2D eigenvalue weighted by Crippen LogP contribution is -2.60. The van der Waals surface area contributed by atoms with Crippen LogP contribution in [0.3, 0.4) is 0 Å². The minimum Gasteiger partial charge on any atom is -0.481 e. The summed E-state index contributed by atoms with van der Waals surface area (Å²) in [6.45, 7) is 2.61. The van der Waals surface area contributed by atoms with Crippen LogP contribution >= 0.6 is 0 Å². The number of anilines is 1. The largest absolute Gasteiger partial charge is 0.481 e. The predicted octanol–water partition coefficient (Wildman–Crippen LogP) is 1.20. The number of carboxylic acids is 1. The Morgan fingerprint density at radius 1 is 1.37 bits per heavy atom. The number of nitrogens with zero attached hydrogens (tertiary/aromatic N) is 2. The van der Waals surface area contributed by atoms with Gasteiger partial charge in [-0.3, -0.25) is 9.59 Å². The van der Waals surface area contributed by atoms with E-state index in [0.717, 1.165) is 5.69 Å². The van der Waals surface area contributed by atoms with Gasteiger partial charge in [-0.25, -0.2) is 0 Å². The van der Waals surface area contributed by atoms with Crippen LogP contribution in [0.25, 0.3) is 0 Å². The number of hydrogen-bond donors (Lipinski definition) is 1. The summed E-state index contributed by atoms with van der Waals surface area (Å²) >= 11 is 0. The van der Waals surface area contributed by atoms with Gasteiger partial charge in [-0.1, -0.05) is 18.2 Å². The standard InChI is InChI=1S/C14H18N2O3/c1-10-9-15(2)14(19)12(8-13(17)18)16(10)11-6-4-3-5-7-11/h3-7,10,12H,8-9H2,1-2H3,(H,17,18). The Labute approximate surface area is 112 Å². The van der Waals surface area contributed by atoms with Crippen LogP contribution < -0.4 is 4.90 Å². The van der Waals surface area contributed by atoms with E-state index in [1.54, 1.807) is 11.9 Å². The molecule has 1 heterocycles. The van der Waals surface area contributed by atoms with Crippen molar-refractivity contribution in [3.05, 3.63) is 30.3 Å². The molecule has 0 aliphatic carbocycles. The first kappa shape index (κ1) is 13.4. The second-order valence-electron chi connectivity index (χ2n) is 4.92. The van der Waals surface area contributed by atoms with Crippen molar-refractivity contribution in [2.75, 3.05) is 18.5 Å². The maximum atomic E-state index is 12.2. The van der Waals surface area contributed by atoms with Crippen molar-refractivity contribution in [3.63, 3.8) is 0 Å². The van der Waals surface area contributed by atoms with Crippen molar-refractivity contribution in [2.24, 2.45) is 0 Å². The fourth-order valence-corrected chi connectivity index (χ4v) is 2.64. The van der Waals surface area contributed by atoms with Crippen molar-refractivity contribution in [3.8, 4) is 0 Å². The summed E-state index contributed by atoms with van der Waals surface area (Å²) < 4.78 is 0. The van der Waals surface area contributed by atoms with Crippen LogP contribution in [0.4, 0.5) is 5.69 Å². The molecule has 1 aromatic rings. The van der Waals surface area contributed by atoms with Crippen molar-refractivity contribution in [1.29, 1.82) is 0 Å². The van der Waals surface area contributed by atoms with Crippen LogP contribution in [0.2, 0.25) is 0 Å². The van der Waals surface area contributed by atoms with Crippen LogP contribution in [-0.2, 0) is 9.59 Å². The summed E-state index contributed by atoms with van der Waals surface area (Å²) in [5.74, 6) is -1.09. The van der Waals surface area contributed by atoms with E-state index in [-0.39, 0.29) is 18.4 Å². The predicted molar refractivity (Wildman–Crippen MR) is 72.1 cm³/mol. The third-order valence-electron chi connectivity index (χ3n) is 3.43. The Morgan fingerprint density at radius 2 is 2.00 bits per heavy atom. The molecule has 1 N–H and O–H groups in total. The Balaban J connectivity index is 2.35. The number of benzene rings is 1. The second kappa shape index (κ2) is 5.30. The average Bonchev–Trinajstić information content (AvgIpc) is 2.36. The van der Waals surface area contributed by atoms with Gasteiger partial charge in [-0.2, -0.15) is 0 Å². The molecule has 0 saturated carbocycles. The Hall–Kier alpha value is -2.04. The van der Waals surface area contributed by atoms with Crippen LogP contribution in [0, 0.1) is 0 Å². The summed E-state index contributed by atoms with van der Waals surface area (Å²) in [5.41, 5.74) is 0.891. The fraction of sp³-hybridized carbons (Fsp3) is 0.429. The number of piperazine rings is 1. The first-order valence-corrected chi connectivity index (χ1v) is 6.31. The zero-order valence-electron chi connectivity index (χ0n) is 11.1. The van der Waals surface area contributed by atoms with Crippen molar-refractivity contribution in [1.82, 2.24) is 4.90 Å². The lowest BCUT2D eigenvalue weighted by molar-refractivity contribution is -0.142. The second-order valence-corrected chi connectivity index (χ2v) is 4.92. The number of likely N-dealkylation sites (N-methyl/N-ethyl adjacent to an activating group) is 1. The van der Waals surface area contributed by atoms with E-state index in [0.29, 0.717) is 6.54 Å². The van der Waals surface area contributed by atoms with E-state index >= 15 is 0 Å². The van der Waals surface area contributed by atoms with Crippen LogP contribution in [0.15, 0.2) is 30.3 Å². The minimum atomic E-state index is -0.957. The van der Waals surface area contributed by atoms with Gasteiger partial charge in [-0.05, 0) is 19.1 Å². The van der Waals surface area contributed by atoms with Crippen LogP contribution in [0.5, 0.6) is 0 Å². The van der Waals surface area contributed by atoms with Gasteiger partial charge in [0.1, 0.15) is 6.04 Å². The van der Waals surface area contributed by atoms with Crippen molar-refractivity contribution in [2.45, 2.75) is 25.4 Å². The normalized spacial score (nSPS) is 23.6. The Morgan fingerprint density at radius 3 is 2.58 bits per heavy atom. The first-order chi connectivity index (χ1) is 9.00.